The zero-order valence-electron chi connectivity index (χ0n) is 11.6. The van der Waals surface area contributed by atoms with Crippen molar-refractivity contribution in [2.75, 3.05) is 13.1 Å². The topological polar surface area (TPSA) is 36.4 Å². The van der Waals surface area contributed by atoms with Crippen LogP contribution in [0.2, 0.25) is 0 Å². The Balaban J connectivity index is 1.94. The van der Waals surface area contributed by atoms with Crippen LogP contribution in [0.4, 0.5) is 8.78 Å². The number of carbonyl (C=O) groups is 1. The van der Waals surface area contributed by atoms with Crippen LogP contribution in [-0.2, 0) is 4.79 Å². The SMILES string of the molecule is CCC1(C(F)F)CN2CC[C@@H](c3cncc(Br)c3)N2C1=O. The molecule has 114 valence electrons. The van der Waals surface area contributed by atoms with Crippen LogP contribution in [-0.4, -0.2) is 40.4 Å². The zero-order chi connectivity index (χ0) is 15.2. The van der Waals surface area contributed by atoms with Gasteiger partial charge in [0.05, 0.1) is 6.04 Å². The van der Waals surface area contributed by atoms with Crippen molar-refractivity contribution in [2.24, 2.45) is 5.41 Å². The molecule has 7 heteroatoms. The van der Waals surface area contributed by atoms with E-state index in [1.54, 1.807) is 24.3 Å². The summed E-state index contributed by atoms with van der Waals surface area (Å²) >= 11 is 3.36. The molecule has 1 aromatic heterocycles. The quantitative estimate of drug-likeness (QED) is 0.832. The van der Waals surface area contributed by atoms with Crippen molar-refractivity contribution in [2.45, 2.75) is 32.2 Å². The van der Waals surface area contributed by atoms with E-state index < -0.39 is 17.7 Å². The highest BCUT2D eigenvalue weighted by molar-refractivity contribution is 9.10. The second kappa shape index (κ2) is 5.28. The number of nitrogens with zero attached hydrogens (tertiary/aromatic N) is 3. The first-order valence-electron chi connectivity index (χ1n) is 6.96. The van der Waals surface area contributed by atoms with Crippen molar-refractivity contribution in [3.05, 3.63) is 28.5 Å². The molecule has 0 aliphatic carbocycles. The summed E-state index contributed by atoms with van der Waals surface area (Å²) in [5, 5.41) is 3.29. The lowest BCUT2D eigenvalue weighted by Gasteiger charge is -2.27. The molecule has 21 heavy (non-hydrogen) atoms. The number of hydrogen-bond donors (Lipinski definition) is 0. The number of hydrogen-bond acceptors (Lipinski definition) is 3. The minimum absolute atomic E-state index is 0.109. The minimum Gasteiger partial charge on any atom is -0.272 e. The first-order valence-corrected chi connectivity index (χ1v) is 7.76. The Labute approximate surface area is 130 Å². The van der Waals surface area contributed by atoms with Gasteiger partial charge in [-0.3, -0.25) is 14.8 Å². The van der Waals surface area contributed by atoms with Gasteiger partial charge in [-0.05, 0) is 40.4 Å². The van der Waals surface area contributed by atoms with Crippen LogP contribution in [0.3, 0.4) is 0 Å². The third-order valence-electron chi connectivity index (χ3n) is 4.52. The molecule has 1 aromatic rings. The van der Waals surface area contributed by atoms with Crippen LogP contribution in [0, 0.1) is 5.41 Å². The van der Waals surface area contributed by atoms with Gasteiger partial charge in [0.2, 0.25) is 0 Å². The van der Waals surface area contributed by atoms with Crippen LogP contribution in [0.1, 0.15) is 31.4 Å². The Hall–Kier alpha value is -1.08. The molecule has 0 spiro atoms. The van der Waals surface area contributed by atoms with Gasteiger partial charge in [-0.1, -0.05) is 6.92 Å². The molecular weight excluding hydrogens is 344 g/mol. The van der Waals surface area contributed by atoms with Crippen LogP contribution in [0.15, 0.2) is 22.9 Å². The summed E-state index contributed by atoms with van der Waals surface area (Å²) in [6.45, 7) is 2.39. The summed E-state index contributed by atoms with van der Waals surface area (Å²) in [6, 6.07) is 1.69. The van der Waals surface area contributed by atoms with Gasteiger partial charge in [0, 0.05) is 30.0 Å². The fourth-order valence-electron chi connectivity index (χ4n) is 3.24. The molecule has 3 rings (SSSR count). The van der Waals surface area contributed by atoms with Crippen molar-refractivity contribution in [1.29, 1.82) is 0 Å². The maximum absolute atomic E-state index is 13.5. The Morgan fingerprint density at radius 3 is 2.90 bits per heavy atom. The number of rotatable bonds is 3. The summed E-state index contributed by atoms with van der Waals surface area (Å²) < 4.78 is 27.7. The van der Waals surface area contributed by atoms with Gasteiger partial charge in [-0.25, -0.2) is 13.8 Å². The number of aromatic nitrogens is 1. The third-order valence-corrected chi connectivity index (χ3v) is 4.95. The predicted octanol–water partition coefficient (Wildman–Crippen LogP) is 3.01. The highest BCUT2D eigenvalue weighted by atomic mass is 79.9. The lowest BCUT2D eigenvalue weighted by molar-refractivity contribution is -0.148. The Bertz CT molecular complexity index is 571. The van der Waals surface area contributed by atoms with Gasteiger partial charge < -0.3 is 0 Å². The molecule has 0 saturated carbocycles. The minimum atomic E-state index is -2.64. The van der Waals surface area contributed by atoms with E-state index >= 15 is 0 Å². The second-order valence-corrected chi connectivity index (χ2v) is 6.50. The molecule has 3 heterocycles. The number of pyridine rings is 1. The summed E-state index contributed by atoms with van der Waals surface area (Å²) in [6.07, 6.45) is 1.62. The lowest BCUT2D eigenvalue weighted by atomic mass is 9.84. The molecule has 0 bridgehead atoms. The van der Waals surface area contributed by atoms with E-state index in [0.717, 1.165) is 16.5 Å². The Kier molecular flexibility index (Phi) is 3.73. The molecule has 1 amide bonds. The molecule has 0 N–H and O–H groups in total. The van der Waals surface area contributed by atoms with Gasteiger partial charge in [0.15, 0.2) is 0 Å². The number of carbonyl (C=O) groups excluding carboxylic acids is 1. The van der Waals surface area contributed by atoms with E-state index in [4.69, 9.17) is 0 Å². The monoisotopic (exact) mass is 359 g/mol. The maximum atomic E-state index is 13.5. The van der Waals surface area contributed by atoms with E-state index in [9.17, 15) is 13.6 Å². The van der Waals surface area contributed by atoms with Crippen molar-refractivity contribution >= 4 is 21.8 Å². The molecule has 0 aromatic carbocycles. The average Bonchev–Trinajstić information content (AvgIpc) is 2.98. The van der Waals surface area contributed by atoms with Crippen LogP contribution >= 0.6 is 15.9 Å². The first kappa shape index (κ1) is 14.8. The van der Waals surface area contributed by atoms with Gasteiger partial charge in [0.1, 0.15) is 5.41 Å². The van der Waals surface area contributed by atoms with Crippen molar-refractivity contribution in [3.63, 3.8) is 0 Å². The summed E-state index contributed by atoms with van der Waals surface area (Å²) in [4.78, 5) is 16.7. The Morgan fingerprint density at radius 2 is 2.29 bits per heavy atom. The highest BCUT2D eigenvalue weighted by Crippen LogP contribution is 2.46. The number of alkyl halides is 2. The van der Waals surface area contributed by atoms with E-state index in [1.165, 1.54) is 5.01 Å². The maximum Gasteiger partial charge on any atom is 0.254 e. The van der Waals surface area contributed by atoms with Crippen molar-refractivity contribution in [1.82, 2.24) is 15.0 Å². The van der Waals surface area contributed by atoms with Gasteiger partial charge in [-0.2, -0.15) is 0 Å². The largest absolute Gasteiger partial charge is 0.272 e. The third kappa shape index (κ3) is 2.17. The fourth-order valence-corrected chi connectivity index (χ4v) is 3.63. The normalized spacial score (nSPS) is 29.5. The van der Waals surface area contributed by atoms with Gasteiger partial charge in [-0.15, -0.1) is 0 Å². The molecule has 2 saturated heterocycles. The van der Waals surface area contributed by atoms with E-state index in [-0.39, 0.29) is 19.0 Å². The number of amides is 1. The smallest absolute Gasteiger partial charge is 0.254 e. The van der Waals surface area contributed by atoms with Gasteiger partial charge >= 0.3 is 0 Å². The number of hydrazine groups is 1. The molecule has 2 aliphatic heterocycles. The van der Waals surface area contributed by atoms with Crippen LogP contribution < -0.4 is 0 Å². The first-order chi connectivity index (χ1) is 9.99. The molecule has 2 atom stereocenters. The van der Waals surface area contributed by atoms with E-state index in [1.807, 2.05) is 6.07 Å². The van der Waals surface area contributed by atoms with Crippen LogP contribution in [0.25, 0.3) is 0 Å². The molecule has 4 nitrogen and oxygen atoms in total. The van der Waals surface area contributed by atoms with E-state index in [2.05, 4.69) is 20.9 Å². The molecule has 2 fully saturated rings. The van der Waals surface area contributed by atoms with Crippen molar-refractivity contribution < 1.29 is 13.6 Å². The highest BCUT2D eigenvalue weighted by Gasteiger charge is 2.59. The molecule has 2 aliphatic rings. The van der Waals surface area contributed by atoms with E-state index in [0.29, 0.717) is 6.54 Å². The zero-order valence-corrected chi connectivity index (χ0v) is 13.2. The standard InChI is InChI=1S/C14H16BrF2N3O/c1-2-14(12(16)17)8-19-4-3-11(20(19)13(14)21)9-5-10(15)7-18-6-9/h5-7,11-12H,2-4,8H2,1H3/t11-,14?/m0/s1. The molecule has 0 radical (unpaired) electrons. The molecule has 1 unspecified atom stereocenters. The summed E-state index contributed by atoms with van der Waals surface area (Å²) in [5.41, 5.74) is -0.681. The fraction of sp³-hybridized carbons (Fsp3) is 0.571. The number of halogens is 3. The molecular formula is C14H16BrF2N3O. The van der Waals surface area contributed by atoms with Gasteiger partial charge in [0.25, 0.3) is 12.3 Å². The summed E-state index contributed by atoms with van der Waals surface area (Å²) in [7, 11) is 0. The van der Waals surface area contributed by atoms with Crippen molar-refractivity contribution in [3.8, 4) is 0 Å². The predicted molar refractivity (Wildman–Crippen MR) is 76.4 cm³/mol. The lowest BCUT2D eigenvalue weighted by Crippen LogP contribution is -2.41. The van der Waals surface area contributed by atoms with Crippen LogP contribution in [0.5, 0.6) is 0 Å². The average molecular weight is 360 g/mol. The Morgan fingerprint density at radius 1 is 1.52 bits per heavy atom. The summed E-state index contributed by atoms with van der Waals surface area (Å²) in [5.74, 6) is -0.456. The number of fused-ring (bicyclic) bond motifs is 1. The second-order valence-electron chi connectivity index (χ2n) is 5.59.